The molecule has 7 heteroatoms. The molecular weight excluding hydrogens is 588 g/mol. The van der Waals surface area contributed by atoms with Crippen molar-refractivity contribution < 1.29 is 24.2 Å². The normalized spacial score (nSPS) is 13.4. The topological polar surface area (TPSA) is 119 Å². The summed E-state index contributed by atoms with van der Waals surface area (Å²) in [5.41, 5.74) is 5.47. The second-order valence-corrected chi connectivity index (χ2v) is 12.2. The summed E-state index contributed by atoms with van der Waals surface area (Å²) in [5, 5.41) is 11.9. The van der Waals surface area contributed by atoms with Crippen LogP contribution in [0.1, 0.15) is 155 Å². The Morgan fingerprint density at radius 3 is 1.87 bits per heavy atom. The van der Waals surface area contributed by atoms with Gasteiger partial charge in [-0.15, -0.1) is 0 Å². The largest absolute Gasteiger partial charge is 0.480 e. The second-order valence-electron chi connectivity index (χ2n) is 12.2. The molecular formula is C40H68N2O5. The third kappa shape index (κ3) is 31.4. The molecule has 4 N–H and O–H groups in total. The van der Waals surface area contributed by atoms with Gasteiger partial charge in [-0.2, -0.15) is 0 Å². The first-order chi connectivity index (χ1) is 22.9. The van der Waals surface area contributed by atoms with Gasteiger partial charge < -0.3 is 20.9 Å². The molecule has 0 fully saturated rings. The smallest absolute Gasteiger partial charge is 0.326 e. The van der Waals surface area contributed by atoms with Crippen LogP contribution in [0.15, 0.2) is 60.8 Å². The van der Waals surface area contributed by atoms with Crippen molar-refractivity contribution in [3.8, 4) is 0 Å². The Hall–Kier alpha value is -2.93. The first-order valence-electron chi connectivity index (χ1n) is 18.6. The van der Waals surface area contributed by atoms with E-state index >= 15 is 0 Å². The molecule has 0 bridgehead atoms. The van der Waals surface area contributed by atoms with Crippen LogP contribution in [0.3, 0.4) is 0 Å². The van der Waals surface area contributed by atoms with E-state index in [0.29, 0.717) is 38.6 Å². The standard InChI is InChI=1S/C40H68N2O5/c1-3-5-7-9-11-13-15-17-19-21-23-28-34-39(44)47-36(30-25-22-20-18-16-14-12-10-8-6-4-2)31-26-24-27-33-38(43)42-37(40(45)46)32-29-35-41/h6,8,11-14,18,20,25,30,36-37H,3-5,7,9-10,15-17,19,21-24,26-29,31-35,41H2,1-2H3,(H,42,43)(H,45,46)/b8-6-,13-11-,14-12-,20-18-,30-25-. The number of carboxylic acids is 1. The number of carbonyl (C=O) groups is 3. The van der Waals surface area contributed by atoms with Gasteiger partial charge in [-0.05, 0) is 103 Å². The molecule has 47 heavy (non-hydrogen) atoms. The Kier molecular flexibility index (Phi) is 32.3. The maximum Gasteiger partial charge on any atom is 0.326 e. The third-order valence-corrected chi connectivity index (χ3v) is 7.80. The zero-order valence-corrected chi connectivity index (χ0v) is 29.8. The first kappa shape index (κ1) is 44.1. The van der Waals surface area contributed by atoms with Crippen molar-refractivity contribution in [1.82, 2.24) is 5.32 Å². The summed E-state index contributed by atoms with van der Waals surface area (Å²) < 4.78 is 5.86. The summed E-state index contributed by atoms with van der Waals surface area (Å²) in [5.74, 6) is -1.44. The van der Waals surface area contributed by atoms with E-state index in [2.05, 4.69) is 73.8 Å². The molecule has 0 rings (SSSR count). The second kappa shape index (κ2) is 34.4. The van der Waals surface area contributed by atoms with Gasteiger partial charge in [0.2, 0.25) is 5.91 Å². The highest BCUT2D eigenvalue weighted by Gasteiger charge is 2.19. The minimum absolute atomic E-state index is 0.149. The monoisotopic (exact) mass is 657 g/mol. The molecule has 0 aromatic heterocycles. The highest BCUT2D eigenvalue weighted by molar-refractivity contribution is 5.83. The molecule has 1 amide bonds. The van der Waals surface area contributed by atoms with Gasteiger partial charge in [-0.1, -0.05) is 107 Å². The summed E-state index contributed by atoms with van der Waals surface area (Å²) in [6.45, 7) is 4.76. The van der Waals surface area contributed by atoms with Crippen LogP contribution >= 0.6 is 0 Å². The highest BCUT2D eigenvalue weighted by Crippen LogP contribution is 2.14. The average molecular weight is 657 g/mol. The third-order valence-electron chi connectivity index (χ3n) is 7.80. The van der Waals surface area contributed by atoms with Gasteiger partial charge >= 0.3 is 11.9 Å². The number of unbranched alkanes of at least 4 members (excludes halogenated alkanes) is 10. The van der Waals surface area contributed by atoms with E-state index in [0.717, 1.165) is 64.2 Å². The molecule has 0 saturated heterocycles. The van der Waals surface area contributed by atoms with Crippen molar-refractivity contribution in [3.05, 3.63) is 60.8 Å². The fourth-order valence-corrected chi connectivity index (χ4v) is 5.00. The summed E-state index contributed by atoms with van der Waals surface area (Å²) in [4.78, 5) is 36.3. The Bertz CT molecular complexity index is 922. The molecule has 2 unspecified atom stereocenters. The van der Waals surface area contributed by atoms with E-state index in [4.69, 9.17) is 10.5 Å². The summed E-state index contributed by atoms with van der Waals surface area (Å²) in [6.07, 6.45) is 41.3. The van der Waals surface area contributed by atoms with Crippen LogP contribution in [-0.4, -0.2) is 41.6 Å². The number of ether oxygens (including phenoxy) is 1. The molecule has 0 aromatic rings. The van der Waals surface area contributed by atoms with Crippen LogP contribution in [0.4, 0.5) is 0 Å². The number of rotatable bonds is 32. The predicted molar refractivity (Wildman–Crippen MR) is 197 cm³/mol. The van der Waals surface area contributed by atoms with Gasteiger partial charge in [-0.3, -0.25) is 9.59 Å². The molecule has 0 aromatic carbocycles. The van der Waals surface area contributed by atoms with Crippen molar-refractivity contribution in [2.24, 2.45) is 5.73 Å². The molecule has 0 heterocycles. The molecule has 0 spiro atoms. The van der Waals surface area contributed by atoms with Crippen molar-refractivity contribution in [2.45, 2.75) is 167 Å². The zero-order valence-electron chi connectivity index (χ0n) is 29.8. The zero-order chi connectivity index (χ0) is 34.6. The molecule has 0 aliphatic carbocycles. The summed E-state index contributed by atoms with van der Waals surface area (Å²) >= 11 is 0. The van der Waals surface area contributed by atoms with Crippen molar-refractivity contribution in [1.29, 1.82) is 0 Å². The van der Waals surface area contributed by atoms with Crippen LogP contribution in [-0.2, 0) is 19.1 Å². The minimum Gasteiger partial charge on any atom is -0.480 e. The van der Waals surface area contributed by atoms with E-state index in [1.165, 1.54) is 38.5 Å². The number of nitrogens with one attached hydrogen (secondary N) is 1. The number of carboxylic acid groups (broad SMARTS) is 1. The number of carbonyl (C=O) groups excluding carboxylic acids is 2. The number of amides is 1. The van der Waals surface area contributed by atoms with E-state index in [1.54, 1.807) is 0 Å². The number of esters is 1. The van der Waals surface area contributed by atoms with Gasteiger partial charge in [0.15, 0.2) is 0 Å². The lowest BCUT2D eigenvalue weighted by Gasteiger charge is -2.15. The van der Waals surface area contributed by atoms with Crippen LogP contribution < -0.4 is 11.1 Å². The molecule has 7 nitrogen and oxygen atoms in total. The van der Waals surface area contributed by atoms with Gasteiger partial charge in [-0.25, -0.2) is 4.79 Å². The molecule has 0 saturated carbocycles. The Labute approximate surface area is 287 Å². The molecule has 0 aliphatic heterocycles. The lowest BCUT2D eigenvalue weighted by Crippen LogP contribution is -2.40. The number of aliphatic carboxylic acids is 1. The molecule has 0 aliphatic rings. The number of allylic oxidation sites excluding steroid dienone is 9. The number of hydrogen-bond acceptors (Lipinski definition) is 5. The van der Waals surface area contributed by atoms with Crippen molar-refractivity contribution in [3.63, 3.8) is 0 Å². The maximum atomic E-state index is 12.6. The first-order valence-corrected chi connectivity index (χ1v) is 18.6. The van der Waals surface area contributed by atoms with Crippen LogP contribution in [0, 0.1) is 0 Å². The van der Waals surface area contributed by atoms with E-state index in [1.807, 2.05) is 6.08 Å². The average Bonchev–Trinajstić information content (AvgIpc) is 3.05. The van der Waals surface area contributed by atoms with Gasteiger partial charge in [0.1, 0.15) is 12.1 Å². The Morgan fingerprint density at radius 1 is 0.660 bits per heavy atom. The quantitative estimate of drug-likeness (QED) is 0.0377. The van der Waals surface area contributed by atoms with E-state index in [9.17, 15) is 19.5 Å². The molecule has 2 atom stereocenters. The number of hydrogen-bond donors (Lipinski definition) is 3. The summed E-state index contributed by atoms with van der Waals surface area (Å²) in [7, 11) is 0. The van der Waals surface area contributed by atoms with Crippen LogP contribution in [0.25, 0.3) is 0 Å². The lowest BCUT2D eigenvalue weighted by molar-refractivity contribution is -0.147. The molecule has 0 radical (unpaired) electrons. The van der Waals surface area contributed by atoms with Crippen LogP contribution in [0.2, 0.25) is 0 Å². The van der Waals surface area contributed by atoms with Gasteiger partial charge in [0.05, 0.1) is 0 Å². The Morgan fingerprint density at radius 2 is 1.23 bits per heavy atom. The minimum atomic E-state index is -1.03. The Balaban J connectivity index is 4.57. The molecule has 268 valence electrons. The van der Waals surface area contributed by atoms with Gasteiger partial charge in [0.25, 0.3) is 0 Å². The van der Waals surface area contributed by atoms with Crippen LogP contribution in [0.5, 0.6) is 0 Å². The van der Waals surface area contributed by atoms with Crippen molar-refractivity contribution in [2.75, 3.05) is 6.54 Å². The summed E-state index contributed by atoms with van der Waals surface area (Å²) in [6, 6.07) is -0.893. The van der Waals surface area contributed by atoms with Gasteiger partial charge in [0, 0.05) is 12.8 Å². The van der Waals surface area contributed by atoms with E-state index < -0.39 is 12.0 Å². The predicted octanol–water partition coefficient (Wildman–Crippen LogP) is 9.83. The SMILES string of the molecule is CC/C=C\C/C=C\C/C=C\C/C=C\C(CCCCCC(=O)NC(CCCN)C(=O)O)OC(=O)CCCCCCC/C=C\CCCCC. The highest BCUT2D eigenvalue weighted by atomic mass is 16.5. The maximum absolute atomic E-state index is 12.6. The fourth-order valence-electron chi connectivity index (χ4n) is 5.00. The number of nitrogens with two attached hydrogens (primary N) is 1. The van der Waals surface area contributed by atoms with Crippen molar-refractivity contribution >= 4 is 17.8 Å². The van der Waals surface area contributed by atoms with E-state index in [-0.39, 0.29) is 24.4 Å². The fraction of sp³-hybridized carbons (Fsp3) is 0.675. The lowest BCUT2D eigenvalue weighted by atomic mass is 10.1.